The summed E-state index contributed by atoms with van der Waals surface area (Å²) >= 11 is 1.60. The third kappa shape index (κ3) is 1.75. The second-order valence-electron chi connectivity index (χ2n) is 2.68. The normalized spacial score (nSPS) is 17.8. The summed E-state index contributed by atoms with van der Waals surface area (Å²) in [6.07, 6.45) is 4.06. The molecular weight excluding hydrogens is 180 g/mol. The Balaban J connectivity index is 2.39. The molecule has 0 atom stereocenters. The summed E-state index contributed by atoms with van der Waals surface area (Å²) in [5.41, 5.74) is 1.23. The molecule has 3 heteroatoms. The minimum atomic E-state index is 0.904. The van der Waals surface area contributed by atoms with E-state index < -0.39 is 0 Å². The van der Waals surface area contributed by atoms with Crippen LogP contribution in [-0.4, -0.2) is 12.9 Å². The lowest BCUT2D eigenvalue weighted by atomic mass is 10.2. The summed E-state index contributed by atoms with van der Waals surface area (Å²) < 4.78 is 3.17. The predicted molar refractivity (Wildman–Crippen MR) is 57.8 cm³/mol. The highest BCUT2D eigenvalue weighted by molar-refractivity contribution is 7.98. The smallest absolute Gasteiger partial charge is 0.130 e. The lowest BCUT2D eigenvalue weighted by molar-refractivity contribution is 1.36. The van der Waals surface area contributed by atoms with E-state index in [9.17, 15) is 0 Å². The molecule has 0 saturated carbocycles. The molecule has 1 heterocycles. The molecule has 2 nitrogen and oxygen atoms in total. The van der Waals surface area contributed by atoms with E-state index in [1.807, 2.05) is 18.2 Å². The first-order chi connectivity index (χ1) is 6.40. The highest BCUT2D eigenvalue weighted by Gasteiger charge is 2.04. The second-order valence-corrected chi connectivity index (χ2v) is 3.53. The molecule has 13 heavy (non-hydrogen) atoms. The van der Waals surface area contributed by atoms with Gasteiger partial charge in [0.1, 0.15) is 5.84 Å². The van der Waals surface area contributed by atoms with Crippen LogP contribution in [0.2, 0.25) is 0 Å². The van der Waals surface area contributed by atoms with Crippen LogP contribution in [0.1, 0.15) is 5.56 Å². The lowest BCUT2D eigenvalue weighted by Crippen LogP contribution is -2.10. The summed E-state index contributed by atoms with van der Waals surface area (Å²) in [5.74, 6) is 0.904. The van der Waals surface area contributed by atoms with Gasteiger partial charge in [0.15, 0.2) is 0 Å². The largest absolute Gasteiger partial charge is 0.311 e. The monoisotopic (exact) mass is 190 g/mol. The van der Waals surface area contributed by atoms with Crippen LogP contribution in [0.5, 0.6) is 0 Å². The molecule has 1 aromatic rings. The number of nitrogens with zero attached hydrogens (tertiary/aromatic N) is 1. The second kappa shape index (κ2) is 3.66. The van der Waals surface area contributed by atoms with Crippen LogP contribution in [-0.2, 0) is 0 Å². The third-order valence-corrected chi connectivity index (χ3v) is 2.75. The van der Waals surface area contributed by atoms with E-state index in [4.69, 9.17) is 0 Å². The van der Waals surface area contributed by atoms with Crippen LogP contribution in [0.25, 0.3) is 6.08 Å². The van der Waals surface area contributed by atoms with Crippen LogP contribution in [0.15, 0.2) is 40.2 Å². The van der Waals surface area contributed by atoms with E-state index in [1.54, 1.807) is 19.0 Å². The number of nitrogens with one attached hydrogen (secondary N) is 1. The number of hydrogen-bond donors (Lipinski definition) is 1. The predicted octanol–water partition coefficient (Wildman–Crippen LogP) is 2.34. The van der Waals surface area contributed by atoms with Crippen molar-refractivity contribution in [3.63, 3.8) is 0 Å². The Morgan fingerprint density at radius 2 is 2.08 bits per heavy atom. The Hall–Kier alpha value is -1.22. The van der Waals surface area contributed by atoms with Gasteiger partial charge >= 0.3 is 0 Å². The number of benzene rings is 1. The summed E-state index contributed by atoms with van der Waals surface area (Å²) in [4.78, 5) is 5.32. The van der Waals surface area contributed by atoms with Crippen molar-refractivity contribution in [2.24, 2.45) is 4.99 Å². The minimum absolute atomic E-state index is 0.904. The standard InChI is InChI=1S/C10H10N2S/c1-11-10-7-6-8-4-2-3-5-9(8)13-12-10/h2-7H,1H3,(H,11,12). The summed E-state index contributed by atoms with van der Waals surface area (Å²) in [5, 5.41) is 0. The Kier molecular flexibility index (Phi) is 2.36. The zero-order valence-corrected chi connectivity index (χ0v) is 8.14. The van der Waals surface area contributed by atoms with Crippen LogP contribution in [0, 0.1) is 0 Å². The van der Waals surface area contributed by atoms with E-state index in [1.165, 1.54) is 10.5 Å². The van der Waals surface area contributed by atoms with Gasteiger partial charge in [-0.2, -0.15) is 0 Å². The van der Waals surface area contributed by atoms with Crippen molar-refractivity contribution in [1.29, 1.82) is 0 Å². The quantitative estimate of drug-likeness (QED) is 0.635. The maximum atomic E-state index is 4.09. The molecule has 0 aromatic heterocycles. The lowest BCUT2D eigenvalue weighted by Gasteiger charge is -2.02. The number of aliphatic imine (C=N–C) groups is 1. The molecule has 0 saturated heterocycles. The molecule has 1 aliphatic heterocycles. The van der Waals surface area contributed by atoms with Crippen molar-refractivity contribution in [2.45, 2.75) is 4.90 Å². The van der Waals surface area contributed by atoms with Crippen molar-refractivity contribution < 1.29 is 0 Å². The fourth-order valence-electron chi connectivity index (χ4n) is 1.14. The van der Waals surface area contributed by atoms with Gasteiger partial charge in [-0.15, -0.1) is 0 Å². The Morgan fingerprint density at radius 1 is 1.23 bits per heavy atom. The average Bonchev–Trinajstić information content (AvgIpc) is 2.39. The van der Waals surface area contributed by atoms with E-state index in [2.05, 4.69) is 27.9 Å². The van der Waals surface area contributed by atoms with Crippen LogP contribution in [0.4, 0.5) is 0 Å². The number of rotatable bonds is 0. The third-order valence-electron chi connectivity index (χ3n) is 1.85. The maximum absolute atomic E-state index is 4.09. The van der Waals surface area contributed by atoms with Gasteiger partial charge in [0, 0.05) is 11.9 Å². The van der Waals surface area contributed by atoms with Gasteiger partial charge in [-0.1, -0.05) is 24.3 Å². The summed E-state index contributed by atoms with van der Waals surface area (Å²) in [6.45, 7) is 0. The zero-order valence-electron chi connectivity index (χ0n) is 7.32. The van der Waals surface area contributed by atoms with Gasteiger partial charge in [-0.3, -0.25) is 4.99 Å². The molecular formula is C10H10N2S. The number of amidine groups is 1. The van der Waals surface area contributed by atoms with Crippen molar-refractivity contribution in [3.05, 3.63) is 35.9 Å². The van der Waals surface area contributed by atoms with E-state index in [0.29, 0.717) is 0 Å². The van der Waals surface area contributed by atoms with Crippen molar-refractivity contribution in [2.75, 3.05) is 7.05 Å². The molecule has 1 N–H and O–H groups in total. The van der Waals surface area contributed by atoms with E-state index >= 15 is 0 Å². The molecule has 0 bridgehead atoms. The Morgan fingerprint density at radius 3 is 2.92 bits per heavy atom. The molecule has 0 amide bonds. The van der Waals surface area contributed by atoms with Crippen LogP contribution < -0.4 is 4.72 Å². The number of hydrogen-bond acceptors (Lipinski definition) is 2. The van der Waals surface area contributed by atoms with Gasteiger partial charge in [-0.05, 0) is 29.7 Å². The van der Waals surface area contributed by atoms with Crippen molar-refractivity contribution in [3.8, 4) is 0 Å². The molecule has 0 aliphatic carbocycles. The first-order valence-corrected chi connectivity index (χ1v) is 4.88. The molecule has 0 unspecified atom stereocenters. The van der Waals surface area contributed by atoms with Crippen molar-refractivity contribution >= 4 is 23.9 Å². The molecule has 2 rings (SSSR count). The Labute approximate surface area is 81.9 Å². The van der Waals surface area contributed by atoms with Gasteiger partial charge in [0.25, 0.3) is 0 Å². The van der Waals surface area contributed by atoms with E-state index in [-0.39, 0.29) is 0 Å². The average molecular weight is 190 g/mol. The van der Waals surface area contributed by atoms with Crippen molar-refractivity contribution in [1.82, 2.24) is 4.72 Å². The highest BCUT2D eigenvalue weighted by Crippen LogP contribution is 2.23. The molecule has 0 fully saturated rings. The van der Waals surface area contributed by atoms with Crippen LogP contribution in [0.3, 0.4) is 0 Å². The summed E-state index contributed by atoms with van der Waals surface area (Å²) in [7, 11) is 1.78. The first-order valence-electron chi connectivity index (χ1n) is 4.07. The van der Waals surface area contributed by atoms with E-state index in [0.717, 1.165) is 5.84 Å². The van der Waals surface area contributed by atoms with Gasteiger partial charge in [-0.25, -0.2) is 0 Å². The first kappa shape index (κ1) is 8.38. The number of fused-ring (bicyclic) bond motifs is 1. The zero-order chi connectivity index (χ0) is 9.10. The maximum Gasteiger partial charge on any atom is 0.130 e. The van der Waals surface area contributed by atoms with Crippen LogP contribution >= 0.6 is 11.9 Å². The molecule has 1 aromatic carbocycles. The van der Waals surface area contributed by atoms with Gasteiger partial charge in [0.2, 0.25) is 0 Å². The fourth-order valence-corrected chi connectivity index (χ4v) is 1.92. The molecule has 0 spiro atoms. The van der Waals surface area contributed by atoms with Gasteiger partial charge < -0.3 is 4.72 Å². The summed E-state index contributed by atoms with van der Waals surface area (Å²) in [6, 6.07) is 8.27. The molecule has 1 aliphatic rings. The Bertz CT molecular complexity index is 369. The minimum Gasteiger partial charge on any atom is -0.311 e. The SMILES string of the molecule is CN=C1C=Cc2ccccc2SN1. The molecule has 0 radical (unpaired) electrons. The fraction of sp³-hybridized carbons (Fsp3) is 0.100. The topological polar surface area (TPSA) is 24.4 Å². The molecule has 66 valence electrons. The highest BCUT2D eigenvalue weighted by atomic mass is 32.2. The van der Waals surface area contributed by atoms with Gasteiger partial charge in [0.05, 0.1) is 0 Å².